The Bertz CT molecular complexity index is 357. The van der Waals surface area contributed by atoms with Gasteiger partial charge in [0.2, 0.25) is 0 Å². The van der Waals surface area contributed by atoms with Crippen LogP contribution in [0.2, 0.25) is 0 Å². The molecular formula is C9H8FNO2. The van der Waals surface area contributed by atoms with Crippen molar-refractivity contribution in [3.8, 4) is 17.6 Å². The summed E-state index contributed by atoms with van der Waals surface area (Å²) in [5, 5.41) is 17.6. The second kappa shape index (κ2) is 3.76. The lowest BCUT2D eigenvalue weighted by atomic mass is 10.1. The Labute approximate surface area is 75.0 Å². The first-order chi connectivity index (χ1) is 6.19. The molecule has 0 atom stereocenters. The van der Waals surface area contributed by atoms with Crippen molar-refractivity contribution < 1.29 is 14.2 Å². The van der Waals surface area contributed by atoms with E-state index in [1.165, 1.54) is 13.2 Å². The molecule has 0 amide bonds. The fourth-order valence-electron chi connectivity index (χ4n) is 0.968. The van der Waals surface area contributed by atoms with Crippen LogP contribution in [-0.4, -0.2) is 12.2 Å². The Morgan fingerprint density at radius 1 is 1.62 bits per heavy atom. The van der Waals surface area contributed by atoms with E-state index in [2.05, 4.69) is 0 Å². The molecule has 68 valence electrons. The van der Waals surface area contributed by atoms with Crippen molar-refractivity contribution in [1.29, 1.82) is 5.26 Å². The van der Waals surface area contributed by atoms with Gasteiger partial charge in [0, 0.05) is 11.6 Å². The average Bonchev–Trinajstić information content (AvgIpc) is 2.10. The highest BCUT2D eigenvalue weighted by Gasteiger charge is 2.08. The smallest absolute Gasteiger partial charge is 0.168 e. The highest BCUT2D eigenvalue weighted by molar-refractivity contribution is 5.41. The Morgan fingerprint density at radius 2 is 2.31 bits per heavy atom. The van der Waals surface area contributed by atoms with Gasteiger partial charge in [0.1, 0.15) is 5.75 Å². The molecule has 0 aliphatic rings. The van der Waals surface area contributed by atoms with Gasteiger partial charge in [0.25, 0.3) is 0 Å². The number of phenolic OH excluding ortho intramolecular Hbond substituents is 1. The van der Waals surface area contributed by atoms with Gasteiger partial charge in [-0.1, -0.05) is 0 Å². The van der Waals surface area contributed by atoms with E-state index in [1.807, 2.05) is 6.07 Å². The number of benzene rings is 1. The lowest BCUT2D eigenvalue weighted by Crippen LogP contribution is -1.91. The molecule has 0 saturated heterocycles. The molecule has 0 unspecified atom stereocenters. The number of hydrogen-bond acceptors (Lipinski definition) is 3. The molecule has 0 radical (unpaired) electrons. The first-order valence-electron chi connectivity index (χ1n) is 3.61. The summed E-state index contributed by atoms with van der Waals surface area (Å²) in [6.45, 7) is 0. The molecule has 0 fully saturated rings. The number of nitrogens with zero attached hydrogens (tertiary/aromatic N) is 1. The van der Waals surface area contributed by atoms with E-state index in [0.717, 1.165) is 6.07 Å². The van der Waals surface area contributed by atoms with Gasteiger partial charge in [-0.3, -0.25) is 0 Å². The molecule has 4 heteroatoms. The van der Waals surface area contributed by atoms with Crippen LogP contribution in [0.5, 0.6) is 11.5 Å². The largest absolute Gasteiger partial charge is 0.508 e. The van der Waals surface area contributed by atoms with Crippen LogP contribution in [0, 0.1) is 17.1 Å². The number of ether oxygens (including phenoxy) is 1. The van der Waals surface area contributed by atoms with Crippen molar-refractivity contribution in [2.75, 3.05) is 7.11 Å². The number of rotatable bonds is 2. The molecule has 1 aromatic rings. The first kappa shape index (κ1) is 9.33. The lowest BCUT2D eigenvalue weighted by Gasteiger charge is -2.05. The third-order valence-corrected chi connectivity index (χ3v) is 1.62. The standard InChI is InChI=1S/C9H8FNO2/c1-13-9-4-6(2-3-11)8(12)5-7(9)10/h4-5,12H,2H2,1H3. The number of phenols is 1. The van der Waals surface area contributed by atoms with Gasteiger partial charge in [-0.15, -0.1) is 0 Å². The maximum atomic E-state index is 12.9. The van der Waals surface area contributed by atoms with Crippen molar-refractivity contribution in [3.63, 3.8) is 0 Å². The van der Waals surface area contributed by atoms with Crippen molar-refractivity contribution in [2.24, 2.45) is 0 Å². The zero-order chi connectivity index (χ0) is 9.84. The summed E-state index contributed by atoms with van der Waals surface area (Å²) >= 11 is 0. The van der Waals surface area contributed by atoms with E-state index in [0.29, 0.717) is 5.56 Å². The fraction of sp³-hybridized carbons (Fsp3) is 0.222. The second-order valence-electron chi connectivity index (χ2n) is 2.45. The predicted octanol–water partition coefficient (Wildman–Crippen LogP) is 1.61. The van der Waals surface area contributed by atoms with Gasteiger partial charge in [-0.2, -0.15) is 5.26 Å². The summed E-state index contributed by atoms with van der Waals surface area (Å²) in [6.07, 6.45) is 0.0302. The van der Waals surface area contributed by atoms with Gasteiger partial charge in [0.15, 0.2) is 11.6 Å². The molecule has 1 rings (SSSR count). The van der Waals surface area contributed by atoms with Crippen LogP contribution >= 0.6 is 0 Å². The third kappa shape index (κ3) is 1.88. The predicted molar refractivity (Wildman–Crippen MR) is 43.9 cm³/mol. The highest BCUT2D eigenvalue weighted by atomic mass is 19.1. The van der Waals surface area contributed by atoms with Gasteiger partial charge in [-0.05, 0) is 6.07 Å². The molecule has 13 heavy (non-hydrogen) atoms. The molecule has 0 saturated carbocycles. The Hall–Kier alpha value is -1.76. The minimum absolute atomic E-state index is 0.0302. The maximum Gasteiger partial charge on any atom is 0.168 e. The monoisotopic (exact) mass is 181 g/mol. The number of halogens is 1. The summed E-state index contributed by atoms with van der Waals surface area (Å²) in [7, 11) is 1.33. The zero-order valence-corrected chi connectivity index (χ0v) is 7.04. The van der Waals surface area contributed by atoms with Crippen LogP contribution in [0.25, 0.3) is 0 Å². The average molecular weight is 181 g/mol. The fourth-order valence-corrected chi connectivity index (χ4v) is 0.968. The van der Waals surface area contributed by atoms with Crippen LogP contribution < -0.4 is 4.74 Å². The quantitative estimate of drug-likeness (QED) is 0.754. The topological polar surface area (TPSA) is 53.2 Å². The minimum Gasteiger partial charge on any atom is -0.508 e. The van der Waals surface area contributed by atoms with E-state index in [-0.39, 0.29) is 17.9 Å². The molecule has 0 aliphatic carbocycles. The summed E-state index contributed by atoms with van der Waals surface area (Å²) in [4.78, 5) is 0. The van der Waals surface area contributed by atoms with Crippen LogP contribution in [-0.2, 0) is 6.42 Å². The zero-order valence-electron chi connectivity index (χ0n) is 7.04. The van der Waals surface area contributed by atoms with Gasteiger partial charge >= 0.3 is 0 Å². The maximum absolute atomic E-state index is 12.9. The molecular weight excluding hydrogens is 173 g/mol. The molecule has 0 bridgehead atoms. The highest BCUT2D eigenvalue weighted by Crippen LogP contribution is 2.26. The molecule has 0 heterocycles. The molecule has 1 aromatic carbocycles. The molecule has 0 spiro atoms. The lowest BCUT2D eigenvalue weighted by molar-refractivity contribution is 0.381. The molecule has 1 N–H and O–H groups in total. The van der Waals surface area contributed by atoms with Crippen LogP contribution in [0.3, 0.4) is 0 Å². The molecule has 3 nitrogen and oxygen atoms in total. The van der Waals surface area contributed by atoms with E-state index in [1.54, 1.807) is 0 Å². The molecule has 0 aliphatic heterocycles. The third-order valence-electron chi connectivity index (χ3n) is 1.62. The van der Waals surface area contributed by atoms with Crippen molar-refractivity contribution in [1.82, 2.24) is 0 Å². The van der Waals surface area contributed by atoms with Gasteiger partial charge < -0.3 is 9.84 Å². The number of aromatic hydroxyl groups is 1. The number of hydrogen-bond donors (Lipinski definition) is 1. The second-order valence-corrected chi connectivity index (χ2v) is 2.45. The van der Waals surface area contributed by atoms with E-state index < -0.39 is 5.82 Å². The summed E-state index contributed by atoms with van der Waals surface area (Å²) in [6, 6.07) is 4.11. The van der Waals surface area contributed by atoms with E-state index in [4.69, 9.17) is 10.00 Å². The van der Waals surface area contributed by atoms with Crippen LogP contribution in [0.1, 0.15) is 5.56 Å². The van der Waals surface area contributed by atoms with Crippen molar-refractivity contribution in [2.45, 2.75) is 6.42 Å². The van der Waals surface area contributed by atoms with Crippen LogP contribution in [0.15, 0.2) is 12.1 Å². The summed E-state index contributed by atoms with van der Waals surface area (Å²) < 4.78 is 17.6. The van der Waals surface area contributed by atoms with E-state index >= 15 is 0 Å². The SMILES string of the molecule is COc1cc(CC#N)c(O)cc1F. The summed E-state index contributed by atoms with van der Waals surface area (Å²) in [5.41, 5.74) is 0.362. The minimum atomic E-state index is -0.637. The van der Waals surface area contributed by atoms with Crippen molar-refractivity contribution in [3.05, 3.63) is 23.5 Å². The number of methoxy groups -OCH3 is 1. The van der Waals surface area contributed by atoms with Crippen molar-refractivity contribution >= 4 is 0 Å². The summed E-state index contributed by atoms with van der Waals surface area (Å²) in [5.74, 6) is -0.829. The normalized spacial score (nSPS) is 9.31. The van der Waals surface area contributed by atoms with Crippen LogP contribution in [0.4, 0.5) is 4.39 Å². The Balaban J connectivity index is 3.16. The van der Waals surface area contributed by atoms with E-state index in [9.17, 15) is 9.50 Å². The number of nitriles is 1. The van der Waals surface area contributed by atoms with Gasteiger partial charge in [0.05, 0.1) is 19.6 Å². The van der Waals surface area contributed by atoms with Gasteiger partial charge in [-0.25, -0.2) is 4.39 Å². The Morgan fingerprint density at radius 3 is 2.85 bits per heavy atom. The Kier molecular flexibility index (Phi) is 2.70. The first-order valence-corrected chi connectivity index (χ1v) is 3.61. The molecule has 0 aromatic heterocycles.